The highest BCUT2D eigenvalue weighted by Crippen LogP contribution is 2.30. The van der Waals surface area contributed by atoms with Crippen molar-refractivity contribution in [3.8, 4) is 0 Å². The molecule has 0 aliphatic rings. The van der Waals surface area contributed by atoms with E-state index in [0.717, 1.165) is 12.2 Å². The number of carbonyl (C=O) groups is 1. The maximum absolute atomic E-state index is 12.4. The molecule has 0 atom stereocenters. The largest absolute Gasteiger partial charge is 0.295 e. The maximum Gasteiger partial charge on any atom is 0.156 e. The summed E-state index contributed by atoms with van der Waals surface area (Å²) < 4.78 is 1.30. The molecule has 0 bridgehead atoms. The molecule has 0 heterocycles. The van der Waals surface area contributed by atoms with Crippen LogP contribution in [-0.4, -0.2) is 13.9 Å². The van der Waals surface area contributed by atoms with Gasteiger partial charge in [0.1, 0.15) is 0 Å². The number of ketones is 1. The molecule has 2 aromatic rings. The zero-order valence-electron chi connectivity index (χ0n) is 14.8. The molecule has 24 heavy (non-hydrogen) atoms. The van der Waals surface area contributed by atoms with Gasteiger partial charge in [0.05, 0.1) is 8.07 Å². The molecule has 0 aliphatic carbocycles. The van der Waals surface area contributed by atoms with Gasteiger partial charge in [0.2, 0.25) is 0 Å². The van der Waals surface area contributed by atoms with Crippen molar-refractivity contribution in [1.82, 2.24) is 0 Å². The molecule has 0 fully saturated rings. The van der Waals surface area contributed by atoms with E-state index in [1.165, 1.54) is 15.7 Å². The quantitative estimate of drug-likeness (QED) is 0.435. The molecule has 2 aromatic carbocycles. The molecule has 0 amide bonds. The van der Waals surface area contributed by atoms with E-state index in [9.17, 15) is 4.79 Å². The summed E-state index contributed by atoms with van der Waals surface area (Å²) in [5, 5.41) is 0. The summed E-state index contributed by atoms with van der Waals surface area (Å²) in [7, 11) is -1.51. The maximum atomic E-state index is 12.4. The molecular weight excluding hydrogens is 328 g/mol. The standard InChI is InChI=1S/C21H26OSSi/c1-24(2,3)21(23-17-19-12-8-5-9-13-19)16-20(22)15-14-18-10-6-4-7-11-18/h4-13,16H,14-15,17H2,1-3H3/b21-16-. The van der Waals surface area contributed by atoms with E-state index in [4.69, 9.17) is 0 Å². The minimum absolute atomic E-state index is 0.247. The molecule has 0 aliphatic heterocycles. The Labute approximate surface area is 151 Å². The Balaban J connectivity index is 1.98. The van der Waals surface area contributed by atoms with Crippen molar-refractivity contribution < 1.29 is 4.79 Å². The monoisotopic (exact) mass is 354 g/mol. The highest BCUT2D eigenvalue weighted by Gasteiger charge is 2.21. The second-order valence-electron chi connectivity index (χ2n) is 6.98. The Morgan fingerprint density at radius 3 is 2.00 bits per heavy atom. The minimum Gasteiger partial charge on any atom is -0.295 e. The van der Waals surface area contributed by atoms with Crippen molar-refractivity contribution in [3.05, 3.63) is 82.4 Å². The van der Waals surface area contributed by atoms with Crippen LogP contribution in [0.1, 0.15) is 17.5 Å². The first-order chi connectivity index (χ1) is 11.4. The normalized spacial score (nSPS) is 12.2. The second kappa shape index (κ2) is 9.05. The Morgan fingerprint density at radius 2 is 1.46 bits per heavy atom. The van der Waals surface area contributed by atoms with E-state index >= 15 is 0 Å². The number of hydrogen-bond acceptors (Lipinski definition) is 2. The van der Waals surface area contributed by atoms with Gasteiger partial charge in [0.15, 0.2) is 5.78 Å². The third-order valence-corrected chi connectivity index (χ3v) is 8.57. The van der Waals surface area contributed by atoms with E-state index in [2.05, 4.69) is 56.0 Å². The zero-order valence-corrected chi connectivity index (χ0v) is 16.6. The second-order valence-corrected chi connectivity index (χ2v) is 13.4. The summed E-state index contributed by atoms with van der Waals surface area (Å²) in [6, 6.07) is 20.7. The summed E-state index contributed by atoms with van der Waals surface area (Å²) in [5.41, 5.74) is 2.54. The molecule has 3 heteroatoms. The smallest absolute Gasteiger partial charge is 0.156 e. The van der Waals surface area contributed by atoms with Crippen LogP contribution in [0.4, 0.5) is 0 Å². The fourth-order valence-corrected chi connectivity index (χ4v) is 5.61. The number of thioether (sulfide) groups is 1. The van der Waals surface area contributed by atoms with Crippen molar-refractivity contribution in [2.45, 2.75) is 38.2 Å². The average Bonchev–Trinajstić information content (AvgIpc) is 2.57. The highest BCUT2D eigenvalue weighted by atomic mass is 32.2. The van der Waals surface area contributed by atoms with Crippen LogP contribution in [0, 0.1) is 0 Å². The number of carbonyl (C=O) groups excluding carboxylic acids is 1. The predicted octanol–water partition coefficient (Wildman–Crippen LogP) is 5.88. The highest BCUT2D eigenvalue weighted by molar-refractivity contribution is 8.04. The first kappa shape index (κ1) is 18.8. The Hall–Kier alpha value is -1.58. The molecule has 0 N–H and O–H groups in total. The third-order valence-electron chi connectivity index (χ3n) is 3.77. The van der Waals surface area contributed by atoms with Crippen LogP contribution < -0.4 is 0 Å². The molecule has 0 saturated carbocycles. The van der Waals surface area contributed by atoms with Gasteiger partial charge in [0, 0.05) is 12.2 Å². The van der Waals surface area contributed by atoms with Crippen LogP contribution in [0.15, 0.2) is 71.3 Å². The molecule has 126 valence electrons. The fourth-order valence-electron chi connectivity index (χ4n) is 2.34. The Kier molecular flexibility index (Phi) is 7.07. The molecule has 0 saturated heterocycles. The number of aryl methyl sites for hydroxylation is 1. The Bertz CT molecular complexity index is 672. The summed E-state index contributed by atoms with van der Waals surface area (Å²) in [6.07, 6.45) is 3.32. The third kappa shape index (κ3) is 6.50. The van der Waals surface area contributed by atoms with E-state index in [1.54, 1.807) is 0 Å². The zero-order chi connectivity index (χ0) is 17.4. The van der Waals surface area contributed by atoms with Crippen LogP contribution in [0.3, 0.4) is 0 Å². The lowest BCUT2D eigenvalue weighted by atomic mass is 10.1. The van der Waals surface area contributed by atoms with Gasteiger partial charge in [-0.25, -0.2) is 0 Å². The summed E-state index contributed by atoms with van der Waals surface area (Å²) in [6.45, 7) is 6.92. The van der Waals surface area contributed by atoms with Gasteiger partial charge in [-0.3, -0.25) is 4.79 Å². The number of benzene rings is 2. The average molecular weight is 355 g/mol. The first-order valence-corrected chi connectivity index (χ1v) is 12.9. The van der Waals surface area contributed by atoms with Crippen LogP contribution in [0.5, 0.6) is 0 Å². The minimum atomic E-state index is -1.51. The van der Waals surface area contributed by atoms with Crippen molar-refractivity contribution in [3.63, 3.8) is 0 Å². The SMILES string of the molecule is C[Si](C)(C)/C(=C\C(=O)CCc1ccccc1)SCc1ccccc1. The fraction of sp³-hybridized carbons (Fsp3) is 0.286. The molecule has 0 aromatic heterocycles. The molecular formula is C21H26OSSi. The van der Waals surface area contributed by atoms with Gasteiger partial charge in [-0.15, -0.1) is 11.8 Å². The van der Waals surface area contributed by atoms with E-state index < -0.39 is 8.07 Å². The number of allylic oxidation sites excluding steroid dienone is 1. The van der Waals surface area contributed by atoms with Gasteiger partial charge in [0.25, 0.3) is 0 Å². The number of rotatable bonds is 8. The molecule has 1 nitrogen and oxygen atoms in total. The van der Waals surface area contributed by atoms with Gasteiger partial charge >= 0.3 is 0 Å². The molecule has 0 radical (unpaired) electrons. The summed E-state index contributed by atoms with van der Waals surface area (Å²) in [5.74, 6) is 1.18. The first-order valence-electron chi connectivity index (χ1n) is 8.41. The lowest BCUT2D eigenvalue weighted by Gasteiger charge is -2.20. The van der Waals surface area contributed by atoms with Crippen LogP contribution in [0.2, 0.25) is 19.6 Å². The van der Waals surface area contributed by atoms with Crippen LogP contribution >= 0.6 is 11.8 Å². The van der Waals surface area contributed by atoms with Crippen molar-refractivity contribution in [2.75, 3.05) is 0 Å². The van der Waals surface area contributed by atoms with Crippen molar-refractivity contribution in [2.24, 2.45) is 0 Å². The van der Waals surface area contributed by atoms with Crippen molar-refractivity contribution >= 4 is 25.6 Å². The summed E-state index contributed by atoms with van der Waals surface area (Å²) >= 11 is 1.83. The molecule has 0 unspecified atom stereocenters. The molecule has 2 rings (SSSR count). The van der Waals surface area contributed by atoms with Gasteiger partial charge < -0.3 is 0 Å². The predicted molar refractivity (Wildman–Crippen MR) is 109 cm³/mol. The van der Waals surface area contributed by atoms with Crippen LogP contribution in [-0.2, 0) is 17.0 Å². The van der Waals surface area contributed by atoms with E-state index in [-0.39, 0.29) is 5.78 Å². The lowest BCUT2D eigenvalue weighted by Crippen LogP contribution is -2.23. The van der Waals surface area contributed by atoms with Gasteiger partial charge in [-0.2, -0.15) is 0 Å². The van der Waals surface area contributed by atoms with E-state index in [0.29, 0.717) is 6.42 Å². The van der Waals surface area contributed by atoms with Gasteiger partial charge in [-0.1, -0.05) is 80.3 Å². The number of hydrogen-bond donors (Lipinski definition) is 0. The topological polar surface area (TPSA) is 17.1 Å². The summed E-state index contributed by atoms with van der Waals surface area (Å²) in [4.78, 5) is 12.4. The lowest BCUT2D eigenvalue weighted by molar-refractivity contribution is -0.114. The molecule has 0 spiro atoms. The Morgan fingerprint density at radius 1 is 0.917 bits per heavy atom. The van der Waals surface area contributed by atoms with E-state index in [1.807, 2.05) is 42.1 Å². The van der Waals surface area contributed by atoms with Crippen molar-refractivity contribution in [1.29, 1.82) is 0 Å². The van der Waals surface area contributed by atoms with Crippen LogP contribution in [0.25, 0.3) is 0 Å². The van der Waals surface area contributed by atoms with Gasteiger partial charge in [-0.05, 0) is 28.2 Å².